The fourth-order valence-corrected chi connectivity index (χ4v) is 3.32. The monoisotopic (exact) mass is 421 g/mol. The maximum absolute atomic E-state index is 8.91. The van der Waals surface area contributed by atoms with Crippen molar-refractivity contribution in [2.45, 2.75) is 26.2 Å². The van der Waals surface area contributed by atoms with E-state index in [1.165, 1.54) is 0 Å². The van der Waals surface area contributed by atoms with Gasteiger partial charge in [-0.25, -0.2) is 0 Å². The zero-order chi connectivity index (χ0) is 22.0. The molecule has 0 radical (unpaired) electrons. The topological polar surface area (TPSA) is 74.9 Å². The van der Waals surface area contributed by atoms with Gasteiger partial charge in [-0.15, -0.1) is 0 Å². The third-order valence-corrected chi connectivity index (χ3v) is 4.84. The van der Waals surface area contributed by atoms with E-state index in [1.54, 1.807) is 24.3 Å². The minimum atomic E-state index is 0.361. The van der Waals surface area contributed by atoms with E-state index in [9.17, 15) is 0 Å². The lowest BCUT2D eigenvalue weighted by molar-refractivity contribution is 0.237. The van der Waals surface area contributed by atoms with Crippen LogP contribution in [0.2, 0.25) is 0 Å². The number of benzene rings is 1. The fraction of sp³-hybridized carbons (Fsp3) is 0.154. The fourth-order valence-electron chi connectivity index (χ4n) is 3.32. The average Bonchev–Trinajstić information content (AvgIpc) is 2.84. The molecule has 0 saturated carbocycles. The molecular formula is C26H23N5O. The standard InChI is InChI=1S/C26H23N5O/c27-16-21-10-12-26(13-11-21)32-20-25-9-5-8-24(30-25)19-31(17-22-6-1-3-14-28-22)18-23-7-2-4-15-29-23/h1-15H,17-20H2. The number of ether oxygens (including phenoxy) is 1. The van der Waals surface area contributed by atoms with Crippen LogP contribution in [0, 0.1) is 11.3 Å². The first kappa shape index (κ1) is 21.2. The lowest BCUT2D eigenvalue weighted by Gasteiger charge is -2.21. The summed E-state index contributed by atoms with van der Waals surface area (Å²) in [5, 5.41) is 8.91. The van der Waals surface area contributed by atoms with Gasteiger partial charge in [0.05, 0.1) is 34.4 Å². The van der Waals surface area contributed by atoms with Crippen LogP contribution < -0.4 is 4.74 Å². The number of nitrogens with zero attached hydrogens (tertiary/aromatic N) is 5. The second-order valence-electron chi connectivity index (χ2n) is 7.33. The number of hydrogen-bond acceptors (Lipinski definition) is 6. The van der Waals surface area contributed by atoms with Crippen LogP contribution in [0.4, 0.5) is 0 Å². The van der Waals surface area contributed by atoms with Crippen molar-refractivity contribution in [1.29, 1.82) is 5.26 Å². The van der Waals surface area contributed by atoms with Gasteiger partial charge in [0.1, 0.15) is 12.4 Å². The Morgan fingerprint density at radius 2 is 1.28 bits per heavy atom. The normalized spacial score (nSPS) is 10.6. The molecule has 4 rings (SSSR count). The molecule has 0 aliphatic heterocycles. The van der Waals surface area contributed by atoms with Crippen LogP contribution in [0.1, 0.15) is 28.3 Å². The highest BCUT2D eigenvalue weighted by molar-refractivity contribution is 5.34. The van der Waals surface area contributed by atoms with Crippen LogP contribution in [0.5, 0.6) is 5.75 Å². The zero-order valence-electron chi connectivity index (χ0n) is 17.6. The highest BCUT2D eigenvalue weighted by atomic mass is 16.5. The predicted octanol–water partition coefficient (Wildman–Crippen LogP) is 4.52. The second kappa shape index (κ2) is 10.8. The average molecular weight is 422 g/mol. The Balaban J connectivity index is 1.44. The van der Waals surface area contributed by atoms with E-state index in [0.717, 1.165) is 22.8 Å². The molecule has 3 heterocycles. The quantitative estimate of drug-likeness (QED) is 0.395. The summed E-state index contributed by atoms with van der Waals surface area (Å²) in [5.74, 6) is 0.711. The molecule has 0 saturated heterocycles. The molecule has 0 atom stereocenters. The summed E-state index contributed by atoms with van der Waals surface area (Å²) in [6, 6.07) is 27.1. The second-order valence-corrected chi connectivity index (χ2v) is 7.33. The van der Waals surface area contributed by atoms with Gasteiger partial charge >= 0.3 is 0 Å². The highest BCUT2D eigenvalue weighted by Gasteiger charge is 2.11. The largest absolute Gasteiger partial charge is 0.487 e. The third-order valence-electron chi connectivity index (χ3n) is 4.84. The van der Waals surface area contributed by atoms with Crippen molar-refractivity contribution in [1.82, 2.24) is 19.9 Å². The first-order valence-electron chi connectivity index (χ1n) is 10.4. The molecule has 0 spiro atoms. The van der Waals surface area contributed by atoms with E-state index < -0.39 is 0 Å². The molecule has 32 heavy (non-hydrogen) atoms. The molecule has 3 aromatic heterocycles. The Labute approximate surface area is 187 Å². The van der Waals surface area contributed by atoms with Gasteiger partial charge in [0.2, 0.25) is 0 Å². The molecule has 6 heteroatoms. The van der Waals surface area contributed by atoms with Crippen LogP contribution >= 0.6 is 0 Å². The van der Waals surface area contributed by atoms with E-state index >= 15 is 0 Å². The Morgan fingerprint density at radius 3 is 1.88 bits per heavy atom. The number of pyridine rings is 3. The van der Waals surface area contributed by atoms with Crippen molar-refractivity contribution >= 4 is 0 Å². The van der Waals surface area contributed by atoms with Crippen molar-refractivity contribution in [3.63, 3.8) is 0 Å². The first-order chi connectivity index (χ1) is 15.8. The Kier molecular flexibility index (Phi) is 7.14. The number of rotatable bonds is 9. The summed E-state index contributed by atoms with van der Waals surface area (Å²) in [5.41, 5.74) is 4.42. The number of nitriles is 1. The Bertz CT molecular complexity index is 1120. The molecular weight excluding hydrogens is 398 g/mol. The highest BCUT2D eigenvalue weighted by Crippen LogP contribution is 2.15. The first-order valence-corrected chi connectivity index (χ1v) is 10.4. The summed E-state index contributed by atoms with van der Waals surface area (Å²) in [6.45, 7) is 2.42. The maximum Gasteiger partial charge on any atom is 0.130 e. The molecule has 6 nitrogen and oxygen atoms in total. The van der Waals surface area contributed by atoms with Gasteiger partial charge in [0.25, 0.3) is 0 Å². The summed E-state index contributed by atoms with van der Waals surface area (Å²) in [7, 11) is 0. The molecule has 0 aliphatic carbocycles. The van der Waals surface area contributed by atoms with Crippen molar-refractivity contribution < 1.29 is 4.74 Å². The number of aromatic nitrogens is 3. The number of hydrogen-bond donors (Lipinski definition) is 0. The molecule has 4 aromatic rings. The maximum atomic E-state index is 8.91. The molecule has 0 fully saturated rings. The Hall–Kier alpha value is -4.08. The van der Waals surface area contributed by atoms with E-state index in [2.05, 4.69) is 20.9 Å². The van der Waals surface area contributed by atoms with Crippen molar-refractivity contribution in [2.24, 2.45) is 0 Å². The summed E-state index contributed by atoms with van der Waals surface area (Å²) >= 11 is 0. The Morgan fingerprint density at radius 1 is 0.688 bits per heavy atom. The van der Waals surface area contributed by atoms with Gasteiger partial charge in [0.15, 0.2) is 0 Å². The molecule has 0 unspecified atom stereocenters. The van der Waals surface area contributed by atoms with Crippen LogP contribution in [0.15, 0.2) is 91.3 Å². The van der Waals surface area contributed by atoms with E-state index in [4.69, 9.17) is 15.0 Å². The minimum absolute atomic E-state index is 0.361. The third kappa shape index (κ3) is 6.21. The lowest BCUT2D eigenvalue weighted by Crippen LogP contribution is -2.24. The van der Waals surface area contributed by atoms with Crippen molar-refractivity contribution in [3.05, 3.63) is 120 Å². The van der Waals surface area contributed by atoms with Crippen molar-refractivity contribution in [3.8, 4) is 11.8 Å². The van der Waals surface area contributed by atoms with Crippen LogP contribution in [0.3, 0.4) is 0 Å². The summed E-state index contributed by atoms with van der Waals surface area (Å²) < 4.78 is 5.84. The van der Waals surface area contributed by atoms with E-state index in [1.807, 2.05) is 67.0 Å². The molecule has 0 amide bonds. The summed E-state index contributed by atoms with van der Waals surface area (Å²) in [4.78, 5) is 16.0. The summed E-state index contributed by atoms with van der Waals surface area (Å²) in [6.07, 6.45) is 3.63. The molecule has 0 N–H and O–H groups in total. The van der Waals surface area contributed by atoms with Gasteiger partial charge in [-0.1, -0.05) is 18.2 Å². The van der Waals surface area contributed by atoms with Gasteiger partial charge in [0, 0.05) is 32.0 Å². The molecule has 0 bridgehead atoms. The smallest absolute Gasteiger partial charge is 0.130 e. The minimum Gasteiger partial charge on any atom is -0.487 e. The zero-order valence-corrected chi connectivity index (χ0v) is 17.6. The van der Waals surface area contributed by atoms with Crippen LogP contribution in [-0.2, 0) is 26.2 Å². The van der Waals surface area contributed by atoms with Crippen LogP contribution in [0.25, 0.3) is 0 Å². The molecule has 158 valence electrons. The molecule has 0 aliphatic rings. The van der Waals surface area contributed by atoms with E-state index in [-0.39, 0.29) is 0 Å². The molecule has 1 aromatic carbocycles. The van der Waals surface area contributed by atoms with E-state index in [0.29, 0.717) is 37.6 Å². The van der Waals surface area contributed by atoms with Gasteiger partial charge < -0.3 is 4.74 Å². The van der Waals surface area contributed by atoms with Gasteiger partial charge in [-0.05, 0) is 60.7 Å². The van der Waals surface area contributed by atoms with Crippen molar-refractivity contribution in [2.75, 3.05) is 0 Å². The lowest BCUT2D eigenvalue weighted by atomic mass is 10.2. The SMILES string of the molecule is N#Cc1ccc(OCc2cccc(CN(Cc3ccccn3)Cc3ccccn3)n2)cc1. The predicted molar refractivity (Wildman–Crippen MR) is 121 cm³/mol. The van der Waals surface area contributed by atoms with Crippen LogP contribution in [-0.4, -0.2) is 19.9 Å². The van der Waals surface area contributed by atoms with Gasteiger partial charge in [-0.3, -0.25) is 19.9 Å². The van der Waals surface area contributed by atoms with Gasteiger partial charge in [-0.2, -0.15) is 5.26 Å².